The summed E-state index contributed by atoms with van der Waals surface area (Å²) in [4.78, 5) is 8.50. The molecule has 0 aliphatic heterocycles. The van der Waals surface area contributed by atoms with Gasteiger partial charge in [-0.3, -0.25) is 4.98 Å². The molecule has 3 rings (SSSR count). The van der Waals surface area contributed by atoms with Crippen molar-refractivity contribution >= 4 is 0 Å². The Morgan fingerprint density at radius 1 is 1.11 bits per heavy atom. The molecule has 5 nitrogen and oxygen atoms in total. The number of hydrogen-bond acceptors (Lipinski definition) is 5. The van der Waals surface area contributed by atoms with Crippen molar-refractivity contribution in [2.45, 2.75) is 44.1 Å². The SMILES string of the molecule is NC1CCCCCC1c1nc(-c2ccncc2)no1. The van der Waals surface area contributed by atoms with Gasteiger partial charge in [-0.2, -0.15) is 4.98 Å². The number of rotatable bonds is 2. The summed E-state index contributed by atoms with van der Waals surface area (Å²) in [7, 11) is 0. The van der Waals surface area contributed by atoms with Gasteiger partial charge in [-0.1, -0.05) is 24.4 Å². The first-order valence-corrected chi connectivity index (χ1v) is 6.84. The molecule has 5 heteroatoms. The van der Waals surface area contributed by atoms with Crippen molar-refractivity contribution in [3.8, 4) is 11.4 Å². The first-order chi connectivity index (χ1) is 9.34. The van der Waals surface area contributed by atoms with Gasteiger partial charge in [0.2, 0.25) is 11.7 Å². The van der Waals surface area contributed by atoms with E-state index in [4.69, 9.17) is 10.3 Å². The zero-order chi connectivity index (χ0) is 13.1. The second kappa shape index (κ2) is 5.48. The van der Waals surface area contributed by atoms with E-state index in [1.165, 1.54) is 19.3 Å². The Balaban J connectivity index is 1.84. The zero-order valence-corrected chi connectivity index (χ0v) is 10.8. The summed E-state index contributed by atoms with van der Waals surface area (Å²) >= 11 is 0. The molecular weight excluding hydrogens is 240 g/mol. The number of nitrogens with zero attached hydrogens (tertiary/aromatic N) is 3. The van der Waals surface area contributed by atoms with Crippen LogP contribution in [0.1, 0.15) is 43.9 Å². The van der Waals surface area contributed by atoms with Crippen molar-refractivity contribution in [1.29, 1.82) is 0 Å². The summed E-state index contributed by atoms with van der Waals surface area (Å²) in [6.45, 7) is 0. The van der Waals surface area contributed by atoms with E-state index in [9.17, 15) is 0 Å². The monoisotopic (exact) mass is 258 g/mol. The lowest BCUT2D eigenvalue weighted by molar-refractivity contribution is 0.326. The van der Waals surface area contributed by atoms with Gasteiger partial charge in [-0.25, -0.2) is 0 Å². The summed E-state index contributed by atoms with van der Waals surface area (Å²) < 4.78 is 5.42. The summed E-state index contributed by atoms with van der Waals surface area (Å²) in [5.74, 6) is 1.50. The molecule has 0 saturated heterocycles. The zero-order valence-electron chi connectivity index (χ0n) is 10.8. The van der Waals surface area contributed by atoms with E-state index < -0.39 is 0 Å². The lowest BCUT2D eigenvalue weighted by Gasteiger charge is -2.16. The smallest absolute Gasteiger partial charge is 0.231 e. The molecule has 1 aliphatic carbocycles. The number of pyridine rings is 1. The van der Waals surface area contributed by atoms with Crippen molar-refractivity contribution in [3.63, 3.8) is 0 Å². The topological polar surface area (TPSA) is 77.8 Å². The van der Waals surface area contributed by atoms with Gasteiger partial charge in [0.25, 0.3) is 0 Å². The Kier molecular flexibility index (Phi) is 3.55. The molecule has 19 heavy (non-hydrogen) atoms. The fourth-order valence-corrected chi connectivity index (χ4v) is 2.65. The van der Waals surface area contributed by atoms with Crippen molar-refractivity contribution in [2.75, 3.05) is 0 Å². The molecule has 2 N–H and O–H groups in total. The van der Waals surface area contributed by atoms with Gasteiger partial charge in [-0.05, 0) is 25.0 Å². The Morgan fingerprint density at radius 3 is 2.74 bits per heavy atom. The van der Waals surface area contributed by atoms with Crippen LogP contribution in [-0.2, 0) is 0 Å². The molecule has 0 aromatic carbocycles. The van der Waals surface area contributed by atoms with Crippen LogP contribution in [0.2, 0.25) is 0 Å². The van der Waals surface area contributed by atoms with E-state index in [1.807, 2.05) is 12.1 Å². The highest BCUT2D eigenvalue weighted by atomic mass is 16.5. The molecule has 1 aliphatic rings. The summed E-state index contributed by atoms with van der Waals surface area (Å²) in [5.41, 5.74) is 7.14. The Labute approximate surface area is 112 Å². The minimum absolute atomic E-state index is 0.133. The Hall–Kier alpha value is -1.75. The van der Waals surface area contributed by atoms with Gasteiger partial charge < -0.3 is 10.3 Å². The third-order valence-corrected chi connectivity index (χ3v) is 3.77. The summed E-state index contributed by atoms with van der Waals surface area (Å²) in [6.07, 6.45) is 9.16. The van der Waals surface area contributed by atoms with E-state index in [-0.39, 0.29) is 12.0 Å². The third kappa shape index (κ3) is 2.66. The quantitative estimate of drug-likeness (QED) is 0.837. The molecule has 1 saturated carbocycles. The van der Waals surface area contributed by atoms with Gasteiger partial charge in [0.1, 0.15) is 0 Å². The van der Waals surface area contributed by atoms with E-state index in [0.29, 0.717) is 11.7 Å². The van der Waals surface area contributed by atoms with Crippen LogP contribution in [-0.4, -0.2) is 21.2 Å². The molecule has 0 radical (unpaired) electrons. The second-order valence-corrected chi connectivity index (χ2v) is 5.10. The number of aromatic nitrogens is 3. The van der Waals surface area contributed by atoms with Gasteiger partial charge >= 0.3 is 0 Å². The first kappa shape index (κ1) is 12.3. The lowest BCUT2D eigenvalue weighted by Crippen LogP contribution is -2.27. The maximum absolute atomic E-state index is 6.22. The largest absolute Gasteiger partial charge is 0.339 e. The predicted molar refractivity (Wildman–Crippen MR) is 71.3 cm³/mol. The average molecular weight is 258 g/mol. The molecule has 1 fully saturated rings. The Morgan fingerprint density at radius 2 is 1.89 bits per heavy atom. The van der Waals surface area contributed by atoms with E-state index in [0.717, 1.165) is 18.4 Å². The molecule has 2 heterocycles. The molecule has 0 bridgehead atoms. The predicted octanol–water partition coefficient (Wildman–Crippen LogP) is 2.51. The number of nitrogens with two attached hydrogens (primary N) is 1. The maximum atomic E-state index is 6.22. The fourth-order valence-electron chi connectivity index (χ4n) is 2.65. The fraction of sp³-hybridized carbons (Fsp3) is 0.500. The first-order valence-electron chi connectivity index (χ1n) is 6.84. The third-order valence-electron chi connectivity index (χ3n) is 3.77. The normalized spacial score (nSPS) is 24.1. The van der Waals surface area contributed by atoms with Crippen molar-refractivity contribution in [1.82, 2.24) is 15.1 Å². The molecule has 2 aromatic rings. The van der Waals surface area contributed by atoms with E-state index >= 15 is 0 Å². The molecular formula is C14H18N4O. The van der Waals surface area contributed by atoms with Crippen molar-refractivity contribution < 1.29 is 4.52 Å². The van der Waals surface area contributed by atoms with Crippen LogP contribution in [0, 0.1) is 0 Å². The summed E-state index contributed by atoms with van der Waals surface area (Å²) in [5, 5.41) is 4.06. The minimum atomic E-state index is 0.133. The van der Waals surface area contributed by atoms with Crippen molar-refractivity contribution in [2.24, 2.45) is 5.73 Å². The molecule has 0 spiro atoms. The maximum Gasteiger partial charge on any atom is 0.231 e. The van der Waals surface area contributed by atoms with Crippen LogP contribution in [0.15, 0.2) is 29.0 Å². The molecule has 100 valence electrons. The molecule has 2 atom stereocenters. The lowest BCUT2D eigenvalue weighted by atomic mass is 9.95. The van der Waals surface area contributed by atoms with Crippen LogP contribution in [0.25, 0.3) is 11.4 Å². The van der Waals surface area contributed by atoms with Crippen LogP contribution in [0.5, 0.6) is 0 Å². The van der Waals surface area contributed by atoms with Crippen LogP contribution in [0.4, 0.5) is 0 Å². The highest BCUT2D eigenvalue weighted by Gasteiger charge is 2.27. The average Bonchev–Trinajstić information content (AvgIpc) is 2.83. The van der Waals surface area contributed by atoms with E-state index in [2.05, 4.69) is 15.1 Å². The minimum Gasteiger partial charge on any atom is -0.339 e. The van der Waals surface area contributed by atoms with Crippen LogP contribution in [0.3, 0.4) is 0 Å². The highest BCUT2D eigenvalue weighted by Crippen LogP contribution is 2.30. The summed E-state index contributed by atoms with van der Waals surface area (Å²) in [6, 6.07) is 3.89. The Bertz CT molecular complexity index is 525. The molecule has 2 unspecified atom stereocenters. The van der Waals surface area contributed by atoms with Gasteiger partial charge in [0, 0.05) is 24.0 Å². The van der Waals surface area contributed by atoms with Crippen molar-refractivity contribution in [3.05, 3.63) is 30.4 Å². The number of hydrogen-bond donors (Lipinski definition) is 1. The van der Waals surface area contributed by atoms with Gasteiger partial charge in [0.15, 0.2) is 0 Å². The second-order valence-electron chi connectivity index (χ2n) is 5.10. The van der Waals surface area contributed by atoms with E-state index in [1.54, 1.807) is 12.4 Å². The molecule has 0 amide bonds. The molecule has 2 aromatic heterocycles. The van der Waals surface area contributed by atoms with Crippen LogP contribution < -0.4 is 5.73 Å². The van der Waals surface area contributed by atoms with Gasteiger partial charge in [0.05, 0.1) is 5.92 Å². The standard InChI is InChI=1S/C14H18N4O/c15-12-5-3-1-2-4-11(12)14-17-13(18-19-14)10-6-8-16-9-7-10/h6-9,11-12H,1-5,15H2. The van der Waals surface area contributed by atoms with Gasteiger partial charge in [-0.15, -0.1) is 0 Å². The highest BCUT2D eigenvalue weighted by molar-refractivity contribution is 5.52. The van der Waals surface area contributed by atoms with Crippen LogP contribution >= 0.6 is 0 Å².